The predicted molar refractivity (Wildman–Crippen MR) is 98.2 cm³/mol. The van der Waals surface area contributed by atoms with E-state index in [1.54, 1.807) is 0 Å². The number of unbranched alkanes of at least 4 members (excludes halogenated alkanes) is 3. The maximum atomic E-state index is 10.1. The molecule has 1 aliphatic heterocycles. The normalized spacial score (nSPS) is 26.2. The second kappa shape index (κ2) is 11.1. The van der Waals surface area contributed by atoms with Gasteiger partial charge in [0.05, 0.1) is 19.3 Å². The maximum Gasteiger partial charge on any atom is 0.248 e. The SMILES string of the molecule is C=P(O)(OCCCCCCN)OCC1OCCC1OP(=C)(O)OC. The average Bonchev–Trinajstić information content (AvgIpc) is 2.95. The molecule has 144 valence electrons. The number of hydrogen-bond donors (Lipinski definition) is 3. The molecular weight excluding hydrogens is 356 g/mol. The molecule has 4 atom stereocenters. The van der Waals surface area contributed by atoms with Crippen molar-refractivity contribution < 1.29 is 32.6 Å². The summed E-state index contributed by atoms with van der Waals surface area (Å²) in [4.78, 5) is 19.9. The minimum atomic E-state index is -3.15. The van der Waals surface area contributed by atoms with E-state index in [4.69, 9.17) is 28.6 Å². The van der Waals surface area contributed by atoms with Crippen LogP contribution in [0.1, 0.15) is 32.1 Å². The first-order chi connectivity index (χ1) is 11.3. The Labute approximate surface area is 144 Å². The van der Waals surface area contributed by atoms with Crippen LogP contribution in [0.15, 0.2) is 0 Å². The Morgan fingerprint density at radius 3 is 2.50 bits per heavy atom. The third kappa shape index (κ3) is 9.11. The average molecular weight is 387 g/mol. The largest absolute Gasteiger partial charge is 0.373 e. The Morgan fingerprint density at radius 2 is 1.83 bits per heavy atom. The van der Waals surface area contributed by atoms with Gasteiger partial charge in [0, 0.05) is 20.1 Å². The molecule has 0 amide bonds. The molecule has 1 saturated heterocycles. The second-order valence-corrected chi connectivity index (χ2v) is 9.27. The van der Waals surface area contributed by atoms with Gasteiger partial charge in [-0.25, -0.2) is 0 Å². The topological polar surface area (TPSA) is 113 Å². The summed E-state index contributed by atoms with van der Waals surface area (Å²) in [5.74, 6) is 0. The fourth-order valence-electron chi connectivity index (χ4n) is 2.19. The van der Waals surface area contributed by atoms with Crippen LogP contribution >= 0.6 is 15.1 Å². The van der Waals surface area contributed by atoms with Gasteiger partial charge in [-0.15, -0.1) is 0 Å². The molecule has 8 nitrogen and oxygen atoms in total. The smallest absolute Gasteiger partial charge is 0.248 e. The standard InChI is InChI=1S/C14H31NO7P2/c1-18-23(2,16)22-13-8-11-19-14(13)12-21-24(3,17)20-10-7-5-4-6-9-15/h13-14,16-17H,2-12,15H2,1H3. The van der Waals surface area contributed by atoms with Gasteiger partial charge in [-0.1, -0.05) is 12.8 Å². The highest BCUT2D eigenvalue weighted by atomic mass is 31.2. The summed E-state index contributed by atoms with van der Waals surface area (Å²) in [6, 6.07) is 0. The van der Waals surface area contributed by atoms with Crippen LogP contribution in [0.5, 0.6) is 0 Å². The Hall–Kier alpha value is 0.280. The summed E-state index contributed by atoms with van der Waals surface area (Å²) in [7, 11) is -4.91. The lowest BCUT2D eigenvalue weighted by atomic mass is 10.2. The van der Waals surface area contributed by atoms with Gasteiger partial charge in [-0.2, -0.15) is 0 Å². The number of nitrogens with two attached hydrogens (primary N) is 1. The van der Waals surface area contributed by atoms with Crippen molar-refractivity contribution >= 4 is 27.7 Å². The predicted octanol–water partition coefficient (Wildman–Crippen LogP) is 1.73. The van der Waals surface area contributed by atoms with Crippen molar-refractivity contribution in [2.24, 2.45) is 5.73 Å². The quantitative estimate of drug-likeness (QED) is 0.324. The third-order valence-corrected chi connectivity index (χ3v) is 5.88. The van der Waals surface area contributed by atoms with Gasteiger partial charge in [-0.05, 0) is 32.0 Å². The van der Waals surface area contributed by atoms with Crippen molar-refractivity contribution in [1.82, 2.24) is 0 Å². The second-order valence-electron chi connectivity index (χ2n) is 5.63. The number of rotatable bonds is 13. The first kappa shape index (κ1) is 22.3. The van der Waals surface area contributed by atoms with Gasteiger partial charge in [-0.3, -0.25) is 0 Å². The van der Waals surface area contributed by atoms with Gasteiger partial charge in [0.25, 0.3) is 0 Å². The summed E-state index contributed by atoms with van der Waals surface area (Å²) < 4.78 is 26.5. The van der Waals surface area contributed by atoms with Crippen molar-refractivity contribution in [3.8, 4) is 0 Å². The summed E-state index contributed by atoms with van der Waals surface area (Å²) >= 11 is 0. The molecule has 0 aromatic heterocycles. The van der Waals surface area contributed by atoms with Crippen LogP contribution in [0, 0.1) is 0 Å². The molecule has 1 fully saturated rings. The zero-order valence-corrected chi connectivity index (χ0v) is 16.1. The molecule has 1 heterocycles. The first-order valence-corrected chi connectivity index (χ1v) is 11.6. The molecule has 0 aromatic rings. The molecule has 4 N–H and O–H groups in total. The van der Waals surface area contributed by atoms with E-state index in [1.165, 1.54) is 7.11 Å². The van der Waals surface area contributed by atoms with Crippen molar-refractivity contribution in [2.45, 2.75) is 44.3 Å². The van der Waals surface area contributed by atoms with Crippen LogP contribution in [0.4, 0.5) is 0 Å². The molecule has 0 radical (unpaired) electrons. The molecule has 4 unspecified atom stereocenters. The molecule has 0 aromatic carbocycles. The van der Waals surface area contributed by atoms with Crippen molar-refractivity contribution in [3.63, 3.8) is 0 Å². The Balaban J connectivity index is 2.29. The fraction of sp³-hybridized carbons (Fsp3) is 0.857. The van der Waals surface area contributed by atoms with E-state index in [9.17, 15) is 9.79 Å². The molecule has 1 rings (SSSR count). The lowest BCUT2D eigenvalue weighted by Crippen LogP contribution is -2.28. The van der Waals surface area contributed by atoms with Gasteiger partial charge in [0.2, 0.25) is 15.1 Å². The highest BCUT2D eigenvalue weighted by Gasteiger charge is 2.34. The first-order valence-electron chi connectivity index (χ1n) is 8.07. The molecule has 1 aliphatic rings. The zero-order chi connectivity index (χ0) is 18.1. The van der Waals surface area contributed by atoms with E-state index in [0.717, 1.165) is 25.7 Å². The molecule has 0 spiro atoms. The number of hydrogen-bond acceptors (Lipinski definition) is 8. The molecule has 24 heavy (non-hydrogen) atoms. The monoisotopic (exact) mass is 387 g/mol. The van der Waals surface area contributed by atoms with E-state index >= 15 is 0 Å². The minimum absolute atomic E-state index is 0.0648. The summed E-state index contributed by atoms with van der Waals surface area (Å²) in [6.07, 6.45) is 10.7. The van der Waals surface area contributed by atoms with Crippen LogP contribution in [0.3, 0.4) is 0 Å². The zero-order valence-electron chi connectivity index (χ0n) is 14.3. The van der Waals surface area contributed by atoms with Crippen molar-refractivity contribution in [3.05, 3.63) is 0 Å². The van der Waals surface area contributed by atoms with Gasteiger partial charge < -0.3 is 38.4 Å². The van der Waals surface area contributed by atoms with Crippen molar-refractivity contribution in [1.29, 1.82) is 0 Å². The van der Waals surface area contributed by atoms with Crippen LogP contribution in [-0.4, -0.2) is 68.1 Å². The summed E-state index contributed by atoms with van der Waals surface area (Å²) in [5, 5.41) is 0. The highest BCUT2D eigenvalue weighted by molar-refractivity contribution is 7.58. The molecule has 0 bridgehead atoms. The van der Waals surface area contributed by atoms with E-state index in [0.29, 0.717) is 26.2 Å². The Kier molecular flexibility index (Phi) is 10.3. The molecule has 10 heteroatoms. The summed E-state index contributed by atoms with van der Waals surface area (Å²) in [6.45, 7) is 1.61. The van der Waals surface area contributed by atoms with Gasteiger partial charge in [0.15, 0.2) is 0 Å². The number of ether oxygens (including phenoxy) is 1. The van der Waals surface area contributed by atoms with E-state index in [1.807, 2.05) is 0 Å². The molecule has 0 aliphatic carbocycles. The minimum Gasteiger partial charge on any atom is -0.373 e. The van der Waals surface area contributed by atoms with Gasteiger partial charge in [0.1, 0.15) is 6.10 Å². The fourth-order valence-corrected chi connectivity index (χ4v) is 3.81. The Bertz CT molecular complexity index is 449. The van der Waals surface area contributed by atoms with E-state index < -0.39 is 27.3 Å². The third-order valence-electron chi connectivity index (χ3n) is 3.57. The molecular formula is C14H31NO7P2. The summed E-state index contributed by atoms with van der Waals surface area (Å²) in [5.41, 5.74) is 5.43. The van der Waals surface area contributed by atoms with Crippen LogP contribution in [-0.2, 0) is 22.8 Å². The van der Waals surface area contributed by atoms with E-state index in [2.05, 4.69) is 12.6 Å². The lowest BCUT2D eigenvalue weighted by Gasteiger charge is -2.26. The van der Waals surface area contributed by atoms with Crippen LogP contribution in [0.2, 0.25) is 0 Å². The lowest BCUT2D eigenvalue weighted by molar-refractivity contribution is 0.00885. The van der Waals surface area contributed by atoms with Crippen LogP contribution < -0.4 is 5.73 Å². The maximum absolute atomic E-state index is 10.1. The van der Waals surface area contributed by atoms with Crippen LogP contribution in [0.25, 0.3) is 0 Å². The Morgan fingerprint density at radius 1 is 1.12 bits per heavy atom. The van der Waals surface area contributed by atoms with Crippen molar-refractivity contribution in [2.75, 3.05) is 33.5 Å². The van der Waals surface area contributed by atoms with Gasteiger partial charge >= 0.3 is 0 Å². The highest BCUT2D eigenvalue weighted by Crippen LogP contribution is 2.47. The van der Waals surface area contributed by atoms with E-state index in [-0.39, 0.29) is 6.61 Å². The molecule has 0 saturated carbocycles.